The van der Waals surface area contributed by atoms with E-state index in [1.807, 2.05) is 38.1 Å². The molecule has 0 aliphatic carbocycles. The average molecular weight is 315 g/mol. The van der Waals surface area contributed by atoms with Crippen LogP contribution in [0.15, 0.2) is 24.3 Å². The number of ether oxygens (including phenoxy) is 2. The smallest absolute Gasteiger partial charge is 0.220 e. The highest BCUT2D eigenvalue weighted by Crippen LogP contribution is 2.30. The van der Waals surface area contributed by atoms with Gasteiger partial charge < -0.3 is 14.8 Å². The summed E-state index contributed by atoms with van der Waals surface area (Å²) in [6, 6.07) is 7.55. The Morgan fingerprint density at radius 2 is 2.13 bits per heavy atom. The molecule has 0 spiro atoms. The first-order chi connectivity index (χ1) is 11.1. The van der Waals surface area contributed by atoms with Crippen molar-refractivity contribution in [3.63, 3.8) is 0 Å². The molecule has 6 heteroatoms. The van der Waals surface area contributed by atoms with Crippen LogP contribution in [0, 0.1) is 13.8 Å². The van der Waals surface area contributed by atoms with Gasteiger partial charge in [-0.1, -0.05) is 12.1 Å². The van der Waals surface area contributed by atoms with Crippen molar-refractivity contribution in [2.45, 2.75) is 32.8 Å². The molecule has 23 heavy (non-hydrogen) atoms. The standard InChI is InChI=1S/C17H21N3O3/c1-11-12(2)19-20-14(11)7-8-17(21)18-9-13-10-22-15-5-3-4-6-16(15)23-13/h3-6,13H,7-10H2,1-2H3,(H,18,21)(H,19,20)/t13-/m0/s1. The summed E-state index contributed by atoms with van der Waals surface area (Å²) in [5, 5.41) is 10.0. The van der Waals surface area contributed by atoms with Crippen LogP contribution in [0.5, 0.6) is 11.5 Å². The number of nitrogens with zero attached hydrogens (tertiary/aromatic N) is 1. The van der Waals surface area contributed by atoms with Crippen LogP contribution in [0.3, 0.4) is 0 Å². The van der Waals surface area contributed by atoms with Gasteiger partial charge in [-0.05, 0) is 31.5 Å². The van der Waals surface area contributed by atoms with E-state index in [9.17, 15) is 4.79 Å². The second-order valence-electron chi connectivity index (χ2n) is 5.72. The third-order valence-corrected chi connectivity index (χ3v) is 4.04. The van der Waals surface area contributed by atoms with Crippen molar-refractivity contribution in [3.8, 4) is 11.5 Å². The van der Waals surface area contributed by atoms with E-state index in [0.717, 1.165) is 28.5 Å². The second-order valence-corrected chi connectivity index (χ2v) is 5.72. The maximum absolute atomic E-state index is 12.0. The number of para-hydroxylation sites is 2. The number of aryl methyl sites for hydroxylation is 2. The van der Waals surface area contributed by atoms with E-state index >= 15 is 0 Å². The van der Waals surface area contributed by atoms with Gasteiger partial charge in [0, 0.05) is 18.5 Å². The molecule has 2 aromatic rings. The van der Waals surface area contributed by atoms with Crippen molar-refractivity contribution in [1.29, 1.82) is 0 Å². The van der Waals surface area contributed by atoms with Crippen LogP contribution in [-0.4, -0.2) is 35.4 Å². The molecule has 0 bridgehead atoms. The third-order valence-electron chi connectivity index (χ3n) is 4.04. The van der Waals surface area contributed by atoms with E-state index in [1.54, 1.807) is 0 Å². The van der Waals surface area contributed by atoms with Gasteiger partial charge in [0.25, 0.3) is 0 Å². The summed E-state index contributed by atoms with van der Waals surface area (Å²) in [5.74, 6) is 1.47. The molecule has 3 rings (SSSR count). The van der Waals surface area contributed by atoms with E-state index in [2.05, 4.69) is 15.5 Å². The number of benzene rings is 1. The molecule has 1 atom stereocenters. The molecule has 1 aromatic heterocycles. The molecule has 1 aliphatic heterocycles. The Bertz CT molecular complexity index is 696. The Hall–Kier alpha value is -2.50. The lowest BCUT2D eigenvalue weighted by molar-refractivity contribution is -0.121. The number of hydrogen-bond donors (Lipinski definition) is 2. The summed E-state index contributed by atoms with van der Waals surface area (Å²) in [5.41, 5.74) is 3.12. The molecule has 0 saturated carbocycles. The number of H-pyrrole nitrogens is 1. The van der Waals surface area contributed by atoms with Crippen molar-refractivity contribution in [2.75, 3.05) is 13.2 Å². The summed E-state index contributed by atoms with van der Waals surface area (Å²) < 4.78 is 11.4. The van der Waals surface area contributed by atoms with Gasteiger partial charge in [-0.2, -0.15) is 5.10 Å². The lowest BCUT2D eigenvalue weighted by Crippen LogP contribution is -2.40. The fourth-order valence-electron chi connectivity index (χ4n) is 2.49. The van der Waals surface area contributed by atoms with Crippen LogP contribution in [0.4, 0.5) is 0 Å². The normalized spacial score (nSPS) is 16.2. The molecule has 2 N–H and O–H groups in total. The summed E-state index contributed by atoms with van der Waals surface area (Å²) in [7, 11) is 0. The maximum Gasteiger partial charge on any atom is 0.220 e. The summed E-state index contributed by atoms with van der Waals surface area (Å²) in [4.78, 5) is 12.0. The second kappa shape index (κ2) is 6.73. The molecule has 0 radical (unpaired) electrons. The molecule has 6 nitrogen and oxygen atoms in total. The monoisotopic (exact) mass is 315 g/mol. The minimum Gasteiger partial charge on any atom is -0.486 e. The molecule has 1 aromatic carbocycles. The van der Waals surface area contributed by atoms with Crippen molar-refractivity contribution >= 4 is 5.91 Å². The fraction of sp³-hybridized carbons (Fsp3) is 0.412. The fourth-order valence-corrected chi connectivity index (χ4v) is 2.49. The molecule has 2 heterocycles. The van der Waals surface area contributed by atoms with E-state index in [-0.39, 0.29) is 12.0 Å². The van der Waals surface area contributed by atoms with Crippen LogP contribution in [0.1, 0.15) is 23.4 Å². The van der Waals surface area contributed by atoms with E-state index in [1.165, 1.54) is 0 Å². The highest BCUT2D eigenvalue weighted by Gasteiger charge is 2.21. The molecule has 122 valence electrons. The highest BCUT2D eigenvalue weighted by atomic mass is 16.6. The molecule has 1 amide bonds. The van der Waals surface area contributed by atoms with Crippen LogP contribution in [-0.2, 0) is 11.2 Å². The SMILES string of the molecule is Cc1[nH]nc(CCC(=O)NC[C@H]2COc3ccccc3O2)c1C. The Kier molecular flexibility index (Phi) is 4.50. The number of carbonyl (C=O) groups is 1. The van der Waals surface area contributed by atoms with Crippen LogP contribution < -0.4 is 14.8 Å². The van der Waals surface area contributed by atoms with Gasteiger partial charge in [0.1, 0.15) is 12.7 Å². The number of aromatic nitrogens is 2. The number of aromatic amines is 1. The summed E-state index contributed by atoms with van der Waals surface area (Å²) in [6.45, 7) is 4.86. The average Bonchev–Trinajstić information content (AvgIpc) is 2.89. The summed E-state index contributed by atoms with van der Waals surface area (Å²) >= 11 is 0. The molecular weight excluding hydrogens is 294 g/mol. The van der Waals surface area contributed by atoms with Crippen LogP contribution >= 0.6 is 0 Å². The van der Waals surface area contributed by atoms with Gasteiger partial charge in [0.2, 0.25) is 5.91 Å². The molecule has 0 unspecified atom stereocenters. The van der Waals surface area contributed by atoms with Crippen molar-refractivity contribution in [2.24, 2.45) is 0 Å². The topological polar surface area (TPSA) is 76.2 Å². The lowest BCUT2D eigenvalue weighted by Gasteiger charge is -2.26. The Balaban J connectivity index is 1.44. The molecule has 1 aliphatic rings. The minimum absolute atomic E-state index is 0.00693. The first-order valence-corrected chi connectivity index (χ1v) is 7.79. The van der Waals surface area contributed by atoms with E-state index < -0.39 is 0 Å². The van der Waals surface area contributed by atoms with Crippen molar-refractivity contribution in [1.82, 2.24) is 15.5 Å². The number of nitrogens with one attached hydrogen (secondary N) is 2. The van der Waals surface area contributed by atoms with Gasteiger partial charge in [-0.25, -0.2) is 0 Å². The zero-order valence-corrected chi connectivity index (χ0v) is 13.4. The van der Waals surface area contributed by atoms with Crippen LogP contribution in [0.2, 0.25) is 0 Å². The lowest BCUT2D eigenvalue weighted by atomic mass is 10.1. The van der Waals surface area contributed by atoms with Gasteiger partial charge in [0.05, 0.1) is 12.2 Å². The van der Waals surface area contributed by atoms with Gasteiger partial charge in [0.15, 0.2) is 11.5 Å². The van der Waals surface area contributed by atoms with Crippen molar-refractivity contribution < 1.29 is 14.3 Å². The van der Waals surface area contributed by atoms with Gasteiger partial charge >= 0.3 is 0 Å². The third kappa shape index (κ3) is 3.64. The highest BCUT2D eigenvalue weighted by molar-refractivity contribution is 5.76. The van der Waals surface area contributed by atoms with Gasteiger partial charge in [-0.3, -0.25) is 9.89 Å². The number of rotatable bonds is 5. The zero-order valence-electron chi connectivity index (χ0n) is 13.4. The van der Waals surface area contributed by atoms with Gasteiger partial charge in [-0.15, -0.1) is 0 Å². The largest absolute Gasteiger partial charge is 0.486 e. The summed E-state index contributed by atoms with van der Waals surface area (Å²) in [6.07, 6.45) is 0.880. The Morgan fingerprint density at radius 1 is 1.35 bits per heavy atom. The maximum atomic E-state index is 12.0. The first-order valence-electron chi connectivity index (χ1n) is 7.79. The zero-order chi connectivity index (χ0) is 16.2. The first kappa shape index (κ1) is 15.4. The molecule has 0 saturated heterocycles. The predicted octanol–water partition coefficient (Wildman–Crippen LogP) is 1.92. The number of amides is 1. The Morgan fingerprint density at radius 3 is 2.87 bits per heavy atom. The molecule has 0 fully saturated rings. The van der Waals surface area contributed by atoms with Crippen LogP contribution in [0.25, 0.3) is 0 Å². The number of fused-ring (bicyclic) bond motifs is 1. The quantitative estimate of drug-likeness (QED) is 0.884. The number of hydrogen-bond acceptors (Lipinski definition) is 4. The predicted molar refractivity (Wildman–Crippen MR) is 85.7 cm³/mol. The minimum atomic E-state index is -0.164. The van der Waals surface area contributed by atoms with E-state index in [0.29, 0.717) is 26.0 Å². The number of carbonyl (C=O) groups excluding carboxylic acids is 1. The Labute approximate surface area is 135 Å². The van der Waals surface area contributed by atoms with E-state index in [4.69, 9.17) is 9.47 Å². The van der Waals surface area contributed by atoms with Crippen molar-refractivity contribution in [3.05, 3.63) is 41.2 Å². The molecular formula is C17H21N3O3.